The Morgan fingerprint density at radius 2 is 2.06 bits per heavy atom. The molecule has 2 fully saturated rings. The zero-order chi connectivity index (χ0) is 12.3. The summed E-state index contributed by atoms with van der Waals surface area (Å²) in [5, 5.41) is 10.4. The van der Waals surface area contributed by atoms with E-state index < -0.39 is 5.60 Å². The topological polar surface area (TPSA) is 32.7 Å². The molecular weight excluding hydrogens is 214 g/mol. The summed E-state index contributed by atoms with van der Waals surface area (Å²) in [6.07, 6.45) is 5.86. The highest BCUT2D eigenvalue weighted by Gasteiger charge is 2.34. The van der Waals surface area contributed by atoms with Crippen molar-refractivity contribution in [1.29, 1.82) is 0 Å². The molecule has 0 radical (unpaired) electrons. The van der Waals surface area contributed by atoms with Gasteiger partial charge in [-0.15, -0.1) is 0 Å². The smallest absolute Gasteiger partial charge is 0.0768 e. The molecule has 2 atom stereocenters. The van der Waals surface area contributed by atoms with Gasteiger partial charge in [0.1, 0.15) is 0 Å². The molecule has 0 amide bonds. The summed E-state index contributed by atoms with van der Waals surface area (Å²) < 4.78 is 5.82. The lowest BCUT2D eigenvalue weighted by Gasteiger charge is -2.43. The molecule has 2 aliphatic rings. The van der Waals surface area contributed by atoms with Crippen LogP contribution in [0.5, 0.6) is 0 Å². The lowest BCUT2D eigenvalue weighted by atomic mass is 9.87. The fraction of sp³-hybridized carbons (Fsp3) is 1.00. The number of likely N-dealkylation sites (tertiary alicyclic amines) is 1. The molecule has 3 heteroatoms. The van der Waals surface area contributed by atoms with Gasteiger partial charge >= 0.3 is 0 Å². The Morgan fingerprint density at radius 1 is 1.29 bits per heavy atom. The molecule has 2 saturated heterocycles. The second kappa shape index (κ2) is 5.68. The van der Waals surface area contributed by atoms with Crippen molar-refractivity contribution < 1.29 is 9.84 Å². The third-order valence-corrected chi connectivity index (χ3v) is 4.63. The van der Waals surface area contributed by atoms with Gasteiger partial charge in [-0.05, 0) is 38.0 Å². The molecule has 0 aromatic heterocycles. The normalized spacial score (nSPS) is 31.2. The number of hydrogen-bond acceptors (Lipinski definition) is 3. The fourth-order valence-corrected chi connectivity index (χ4v) is 3.20. The quantitative estimate of drug-likeness (QED) is 0.817. The minimum absolute atomic E-state index is 0.484. The molecule has 0 aromatic carbocycles. The van der Waals surface area contributed by atoms with E-state index in [1.54, 1.807) is 0 Å². The standard InChI is InChI=1S/C14H27NO2/c1-3-14(16,4-2)11-15-8-7-13-12(10-15)6-5-9-17-13/h12-13,16H,3-11H2,1-2H3. The minimum Gasteiger partial charge on any atom is -0.389 e. The molecule has 2 aliphatic heterocycles. The average Bonchev–Trinajstić information content (AvgIpc) is 2.38. The maximum atomic E-state index is 10.4. The van der Waals surface area contributed by atoms with Gasteiger partial charge in [-0.1, -0.05) is 13.8 Å². The molecule has 3 nitrogen and oxygen atoms in total. The highest BCUT2D eigenvalue weighted by Crippen LogP contribution is 2.29. The van der Waals surface area contributed by atoms with Gasteiger partial charge in [0.15, 0.2) is 0 Å². The first-order valence-electron chi connectivity index (χ1n) is 7.23. The van der Waals surface area contributed by atoms with Crippen molar-refractivity contribution in [2.24, 2.45) is 5.92 Å². The molecule has 2 heterocycles. The highest BCUT2D eigenvalue weighted by atomic mass is 16.5. The van der Waals surface area contributed by atoms with E-state index in [9.17, 15) is 5.11 Å². The molecule has 1 N–H and O–H groups in total. The van der Waals surface area contributed by atoms with Gasteiger partial charge in [0, 0.05) is 26.2 Å². The van der Waals surface area contributed by atoms with Gasteiger partial charge in [-0.2, -0.15) is 0 Å². The van der Waals surface area contributed by atoms with Crippen LogP contribution >= 0.6 is 0 Å². The Labute approximate surface area is 105 Å². The fourth-order valence-electron chi connectivity index (χ4n) is 3.20. The van der Waals surface area contributed by atoms with Crippen LogP contribution in [0.2, 0.25) is 0 Å². The van der Waals surface area contributed by atoms with Gasteiger partial charge in [-0.25, -0.2) is 0 Å². The van der Waals surface area contributed by atoms with E-state index in [2.05, 4.69) is 18.7 Å². The lowest BCUT2D eigenvalue weighted by Crippen LogP contribution is -2.51. The predicted molar refractivity (Wildman–Crippen MR) is 69.1 cm³/mol. The molecule has 0 bridgehead atoms. The summed E-state index contributed by atoms with van der Waals surface area (Å²) in [6, 6.07) is 0. The van der Waals surface area contributed by atoms with E-state index in [0.29, 0.717) is 12.0 Å². The summed E-state index contributed by atoms with van der Waals surface area (Å²) in [7, 11) is 0. The zero-order valence-electron chi connectivity index (χ0n) is 11.3. The van der Waals surface area contributed by atoms with E-state index in [1.807, 2.05) is 0 Å². The first-order valence-corrected chi connectivity index (χ1v) is 7.23. The maximum absolute atomic E-state index is 10.4. The number of fused-ring (bicyclic) bond motifs is 1. The Hall–Kier alpha value is -0.120. The first kappa shape index (κ1) is 13.3. The first-order chi connectivity index (χ1) is 8.17. The van der Waals surface area contributed by atoms with Crippen LogP contribution in [0.1, 0.15) is 46.0 Å². The highest BCUT2D eigenvalue weighted by molar-refractivity contribution is 4.87. The van der Waals surface area contributed by atoms with E-state index in [-0.39, 0.29) is 0 Å². The molecule has 0 saturated carbocycles. The number of aliphatic hydroxyl groups is 1. The Kier molecular flexibility index (Phi) is 4.45. The van der Waals surface area contributed by atoms with E-state index in [1.165, 1.54) is 12.8 Å². The van der Waals surface area contributed by atoms with E-state index in [0.717, 1.165) is 45.5 Å². The number of hydrogen-bond donors (Lipinski definition) is 1. The predicted octanol–water partition coefficient (Wildman–Crippen LogP) is 2.04. The minimum atomic E-state index is -0.484. The Morgan fingerprint density at radius 3 is 2.76 bits per heavy atom. The zero-order valence-corrected chi connectivity index (χ0v) is 11.3. The molecule has 2 rings (SSSR count). The van der Waals surface area contributed by atoms with Crippen LogP contribution in [-0.2, 0) is 4.74 Å². The van der Waals surface area contributed by atoms with Gasteiger partial charge in [0.2, 0.25) is 0 Å². The number of ether oxygens (including phenoxy) is 1. The Balaban J connectivity index is 1.87. The van der Waals surface area contributed by atoms with Gasteiger partial charge in [-0.3, -0.25) is 0 Å². The van der Waals surface area contributed by atoms with Crippen molar-refractivity contribution >= 4 is 0 Å². The van der Waals surface area contributed by atoms with Crippen molar-refractivity contribution in [3.63, 3.8) is 0 Å². The molecule has 2 unspecified atom stereocenters. The largest absolute Gasteiger partial charge is 0.389 e. The maximum Gasteiger partial charge on any atom is 0.0768 e. The van der Waals surface area contributed by atoms with Crippen molar-refractivity contribution in [3.8, 4) is 0 Å². The average molecular weight is 241 g/mol. The number of piperidine rings is 1. The van der Waals surface area contributed by atoms with Crippen LogP contribution in [0.4, 0.5) is 0 Å². The molecule has 0 aliphatic carbocycles. The second-order valence-corrected chi connectivity index (χ2v) is 5.77. The van der Waals surface area contributed by atoms with Gasteiger partial charge in [0.05, 0.1) is 11.7 Å². The SMILES string of the molecule is CCC(O)(CC)CN1CCC2OCCCC2C1. The van der Waals surface area contributed by atoms with Crippen molar-refractivity contribution in [2.45, 2.75) is 57.7 Å². The summed E-state index contributed by atoms with van der Waals surface area (Å²) in [6.45, 7) is 8.16. The summed E-state index contributed by atoms with van der Waals surface area (Å²) in [5.74, 6) is 0.704. The third-order valence-electron chi connectivity index (χ3n) is 4.63. The van der Waals surface area contributed by atoms with Gasteiger partial charge in [0.25, 0.3) is 0 Å². The summed E-state index contributed by atoms with van der Waals surface area (Å²) in [5.41, 5.74) is -0.484. The third kappa shape index (κ3) is 3.21. The van der Waals surface area contributed by atoms with Crippen molar-refractivity contribution in [1.82, 2.24) is 4.90 Å². The van der Waals surface area contributed by atoms with Crippen LogP contribution in [0.15, 0.2) is 0 Å². The van der Waals surface area contributed by atoms with E-state index >= 15 is 0 Å². The Bertz CT molecular complexity index is 240. The number of nitrogens with zero attached hydrogens (tertiary/aromatic N) is 1. The van der Waals surface area contributed by atoms with Crippen LogP contribution in [-0.4, -0.2) is 48.0 Å². The number of β-amino-alcohol motifs (C(OH)–C–C–N with tert-alkyl or cyclic N) is 1. The second-order valence-electron chi connectivity index (χ2n) is 5.77. The lowest BCUT2D eigenvalue weighted by molar-refractivity contribution is -0.0836. The molecular formula is C14H27NO2. The van der Waals surface area contributed by atoms with Crippen molar-refractivity contribution in [2.75, 3.05) is 26.2 Å². The molecule has 100 valence electrons. The molecule has 0 spiro atoms. The molecule has 17 heavy (non-hydrogen) atoms. The molecule has 0 aromatic rings. The van der Waals surface area contributed by atoms with Gasteiger partial charge < -0.3 is 14.7 Å². The number of rotatable bonds is 4. The van der Waals surface area contributed by atoms with E-state index in [4.69, 9.17) is 4.74 Å². The summed E-state index contributed by atoms with van der Waals surface area (Å²) in [4.78, 5) is 2.45. The summed E-state index contributed by atoms with van der Waals surface area (Å²) >= 11 is 0. The monoisotopic (exact) mass is 241 g/mol. The van der Waals surface area contributed by atoms with Crippen LogP contribution in [0.25, 0.3) is 0 Å². The van der Waals surface area contributed by atoms with Crippen LogP contribution in [0, 0.1) is 5.92 Å². The van der Waals surface area contributed by atoms with Crippen LogP contribution < -0.4 is 0 Å². The van der Waals surface area contributed by atoms with Crippen LogP contribution in [0.3, 0.4) is 0 Å². The van der Waals surface area contributed by atoms with Crippen molar-refractivity contribution in [3.05, 3.63) is 0 Å².